The van der Waals surface area contributed by atoms with E-state index in [4.69, 9.17) is 14.2 Å². The number of carbonyl (C=O) groups excluding carboxylic acids is 3. The lowest BCUT2D eigenvalue weighted by molar-refractivity contribution is -0.167. The van der Waals surface area contributed by atoms with Gasteiger partial charge in [0.1, 0.15) is 13.2 Å². The van der Waals surface area contributed by atoms with E-state index in [-0.39, 0.29) is 37.5 Å². The van der Waals surface area contributed by atoms with Gasteiger partial charge in [0.05, 0.1) is 0 Å². The Morgan fingerprint density at radius 3 is 0.985 bits per heavy atom. The molecule has 0 unspecified atom stereocenters. The van der Waals surface area contributed by atoms with E-state index in [2.05, 4.69) is 81.5 Å². The fourth-order valence-corrected chi connectivity index (χ4v) is 7.73. The average Bonchev–Trinajstić information content (AvgIpc) is 3.30. The van der Waals surface area contributed by atoms with Gasteiger partial charge in [-0.25, -0.2) is 0 Å². The van der Waals surface area contributed by atoms with Crippen molar-refractivity contribution in [1.29, 1.82) is 0 Å². The summed E-state index contributed by atoms with van der Waals surface area (Å²) < 4.78 is 16.8. The molecule has 376 valence electrons. The Kier molecular flexibility index (Phi) is 51.3. The molecule has 0 N–H and O–H groups in total. The number of allylic oxidation sites excluding steroid dienone is 10. The summed E-state index contributed by atoms with van der Waals surface area (Å²) >= 11 is 0. The highest BCUT2D eigenvalue weighted by Crippen LogP contribution is 2.15. The first-order chi connectivity index (χ1) is 32.0. The molecule has 0 aromatic heterocycles. The molecule has 6 nitrogen and oxygen atoms in total. The van der Waals surface area contributed by atoms with Crippen molar-refractivity contribution in [2.45, 2.75) is 284 Å². The second kappa shape index (κ2) is 53.7. The van der Waals surface area contributed by atoms with Crippen molar-refractivity contribution in [1.82, 2.24) is 0 Å². The number of rotatable bonds is 50. The summed E-state index contributed by atoms with van der Waals surface area (Å²) in [5.41, 5.74) is 0. The Morgan fingerprint density at radius 2 is 0.585 bits per heavy atom. The third-order valence-corrected chi connectivity index (χ3v) is 12.0. The van der Waals surface area contributed by atoms with Gasteiger partial charge in [-0.05, 0) is 96.3 Å². The van der Waals surface area contributed by atoms with Crippen LogP contribution in [0, 0.1) is 0 Å². The van der Waals surface area contributed by atoms with Crippen LogP contribution < -0.4 is 0 Å². The molecule has 0 heterocycles. The second-order valence-electron chi connectivity index (χ2n) is 18.5. The summed E-state index contributed by atoms with van der Waals surface area (Å²) in [7, 11) is 0. The second-order valence-corrected chi connectivity index (χ2v) is 18.5. The molecular formula is C59H104O6. The topological polar surface area (TPSA) is 78.9 Å². The minimum Gasteiger partial charge on any atom is -0.462 e. The van der Waals surface area contributed by atoms with Gasteiger partial charge in [-0.15, -0.1) is 0 Å². The quantitative estimate of drug-likeness (QED) is 0.0262. The molecular weight excluding hydrogens is 805 g/mol. The first-order valence-corrected chi connectivity index (χ1v) is 27.8. The van der Waals surface area contributed by atoms with Crippen molar-refractivity contribution in [3.63, 3.8) is 0 Å². The van der Waals surface area contributed by atoms with E-state index in [1.54, 1.807) is 0 Å². The van der Waals surface area contributed by atoms with Gasteiger partial charge in [-0.1, -0.05) is 223 Å². The lowest BCUT2D eigenvalue weighted by Gasteiger charge is -2.18. The summed E-state index contributed by atoms with van der Waals surface area (Å²) in [6, 6.07) is 0. The molecule has 0 bridgehead atoms. The number of unbranched alkanes of at least 4 members (excludes halogenated alkanes) is 29. The summed E-state index contributed by atoms with van der Waals surface area (Å²) in [5, 5.41) is 0. The molecule has 0 aliphatic carbocycles. The SMILES string of the molecule is CCCC/C=C\CCCCCCCC(=O)OC[C@@H](COC(=O)CCC/C=C\C/C=C\C/C=C\CCCCCCCC)OC(=O)CCCCCCCCCCC/C=C\CCCCCCCC. The fourth-order valence-electron chi connectivity index (χ4n) is 7.73. The summed E-state index contributed by atoms with van der Waals surface area (Å²) in [6.45, 7) is 6.55. The van der Waals surface area contributed by atoms with Gasteiger partial charge in [-0.3, -0.25) is 14.4 Å². The molecule has 0 aliphatic heterocycles. The number of ether oxygens (including phenoxy) is 3. The normalized spacial score (nSPS) is 12.5. The van der Waals surface area contributed by atoms with Gasteiger partial charge in [0, 0.05) is 19.3 Å². The number of carbonyl (C=O) groups is 3. The Labute approximate surface area is 402 Å². The van der Waals surface area contributed by atoms with E-state index in [0.717, 1.165) is 64.2 Å². The van der Waals surface area contributed by atoms with Gasteiger partial charge >= 0.3 is 17.9 Å². The molecule has 6 heteroatoms. The smallest absolute Gasteiger partial charge is 0.306 e. The summed E-state index contributed by atoms with van der Waals surface area (Å²) in [5.74, 6) is -0.953. The van der Waals surface area contributed by atoms with Gasteiger partial charge in [0.2, 0.25) is 0 Å². The summed E-state index contributed by atoms with van der Waals surface area (Å²) in [6.07, 6.45) is 66.5. The zero-order valence-corrected chi connectivity index (χ0v) is 43.0. The largest absolute Gasteiger partial charge is 0.462 e. The molecule has 0 aromatic carbocycles. The van der Waals surface area contributed by atoms with E-state index in [0.29, 0.717) is 19.3 Å². The maximum atomic E-state index is 12.8. The molecule has 0 aromatic rings. The van der Waals surface area contributed by atoms with Crippen LogP contribution in [0.2, 0.25) is 0 Å². The number of hydrogen-bond donors (Lipinski definition) is 0. The van der Waals surface area contributed by atoms with Gasteiger partial charge in [0.25, 0.3) is 0 Å². The molecule has 0 aliphatic rings. The van der Waals surface area contributed by atoms with Crippen LogP contribution in [-0.2, 0) is 28.6 Å². The highest BCUT2D eigenvalue weighted by molar-refractivity contribution is 5.71. The van der Waals surface area contributed by atoms with Crippen molar-refractivity contribution >= 4 is 17.9 Å². The van der Waals surface area contributed by atoms with Crippen molar-refractivity contribution < 1.29 is 28.6 Å². The Morgan fingerprint density at radius 1 is 0.308 bits per heavy atom. The van der Waals surface area contributed by atoms with Crippen LogP contribution in [0.3, 0.4) is 0 Å². The van der Waals surface area contributed by atoms with E-state index < -0.39 is 6.10 Å². The molecule has 65 heavy (non-hydrogen) atoms. The van der Waals surface area contributed by atoms with Crippen LogP contribution in [-0.4, -0.2) is 37.2 Å². The monoisotopic (exact) mass is 909 g/mol. The van der Waals surface area contributed by atoms with E-state index >= 15 is 0 Å². The molecule has 0 saturated carbocycles. The zero-order chi connectivity index (χ0) is 47.2. The molecule has 0 saturated heterocycles. The maximum Gasteiger partial charge on any atom is 0.306 e. The van der Waals surface area contributed by atoms with Crippen LogP contribution in [0.5, 0.6) is 0 Å². The first kappa shape index (κ1) is 62.1. The Bertz CT molecular complexity index is 1180. The van der Waals surface area contributed by atoms with Gasteiger partial charge in [0.15, 0.2) is 6.10 Å². The molecule has 0 radical (unpaired) electrons. The van der Waals surface area contributed by atoms with Crippen LogP contribution in [0.25, 0.3) is 0 Å². The fraction of sp³-hybridized carbons (Fsp3) is 0.780. The van der Waals surface area contributed by atoms with Crippen LogP contribution in [0.4, 0.5) is 0 Å². The molecule has 0 spiro atoms. The Hall–Kier alpha value is -2.89. The predicted octanol–water partition coefficient (Wildman–Crippen LogP) is 18.4. The lowest BCUT2D eigenvalue weighted by Crippen LogP contribution is -2.30. The molecule has 0 amide bonds. The van der Waals surface area contributed by atoms with Crippen LogP contribution in [0.15, 0.2) is 60.8 Å². The van der Waals surface area contributed by atoms with E-state index in [1.807, 2.05) is 0 Å². The number of hydrogen-bond acceptors (Lipinski definition) is 6. The van der Waals surface area contributed by atoms with Crippen LogP contribution >= 0.6 is 0 Å². The van der Waals surface area contributed by atoms with Gasteiger partial charge in [-0.2, -0.15) is 0 Å². The number of esters is 3. The average molecular weight is 909 g/mol. The highest BCUT2D eigenvalue weighted by Gasteiger charge is 2.19. The molecule has 0 fully saturated rings. The predicted molar refractivity (Wildman–Crippen MR) is 279 cm³/mol. The van der Waals surface area contributed by atoms with Crippen molar-refractivity contribution in [3.05, 3.63) is 60.8 Å². The first-order valence-electron chi connectivity index (χ1n) is 27.8. The highest BCUT2D eigenvalue weighted by atomic mass is 16.6. The zero-order valence-electron chi connectivity index (χ0n) is 43.0. The minimum atomic E-state index is -0.798. The molecule has 1 atom stereocenters. The third-order valence-electron chi connectivity index (χ3n) is 12.0. The summed E-state index contributed by atoms with van der Waals surface area (Å²) in [4.78, 5) is 38.0. The van der Waals surface area contributed by atoms with Crippen molar-refractivity contribution in [3.8, 4) is 0 Å². The third kappa shape index (κ3) is 51.9. The lowest BCUT2D eigenvalue weighted by atomic mass is 10.1. The van der Waals surface area contributed by atoms with Crippen molar-refractivity contribution in [2.75, 3.05) is 13.2 Å². The Balaban J connectivity index is 4.41. The van der Waals surface area contributed by atoms with Gasteiger partial charge < -0.3 is 14.2 Å². The standard InChI is InChI=1S/C59H104O6/c1-4-7-10-13-16-19-22-24-26-28-29-31-33-35-38-41-44-47-50-53-59(62)65-56(54-63-57(60)51-48-45-42-39-36-21-18-15-12-9-6-3)55-64-58(61)52-49-46-43-40-37-34-32-30-27-25-23-20-17-14-11-8-5-2/h15,18,24-27,32,34,40,43,56H,4-14,16-17,19-23,28-31,33,35-39,41-42,44-55H2,1-3H3/b18-15-,26-24-,27-25-,34-32-,43-40-/t56-/m0/s1. The molecule has 0 rings (SSSR count). The van der Waals surface area contributed by atoms with Crippen LogP contribution in [0.1, 0.15) is 278 Å². The minimum absolute atomic E-state index is 0.0944. The van der Waals surface area contributed by atoms with E-state index in [9.17, 15) is 14.4 Å². The van der Waals surface area contributed by atoms with Crippen molar-refractivity contribution in [2.24, 2.45) is 0 Å². The van der Waals surface area contributed by atoms with E-state index in [1.165, 1.54) is 167 Å². The maximum absolute atomic E-state index is 12.8.